The van der Waals surface area contributed by atoms with E-state index in [1.165, 1.54) is 19.2 Å². The summed E-state index contributed by atoms with van der Waals surface area (Å²) >= 11 is 0. The molecule has 3 saturated heterocycles. The quantitative estimate of drug-likeness (QED) is 0.450. The molecule has 2 aromatic carbocycles. The molecule has 0 amide bonds. The van der Waals surface area contributed by atoms with Crippen molar-refractivity contribution in [2.75, 3.05) is 13.7 Å². The predicted octanol–water partition coefficient (Wildman–Crippen LogP) is 3.90. The summed E-state index contributed by atoms with van der Waals surface area (Å²) in [6, 6.07) is 15.5. The van der Waals surface area contributed by atoms with Gasteiger partial charge >= 0.3 is 0 Å². The predicted molar refractivity (Wildman–Crippen MR) is 142 cm³/mol. The normalized spacial score (nSPS) is 31.6. The number of para-hydroxylation sites is 1. The molecule has 4 heterocycles. The second kappa shape index (κ2) is 9.45. The number of aryl methyl sites for hydroxylation is 1. The molecule has 0 bridgehead atoms. The minimum atomic E-state index is -4.18. The van der Waals surface area contributed by atoms with Gasteiger partial charge < -0.3 is 32.8 Å². The second-order valence-electron chi connectivity index (χ2n) is 11.2. The van der Waals surface area contributed by atoms with Crippen LogP contribution in [0.4, 0.5) is 0 Å². The summed E-state index contributed by atoms with van der Waals surface area (Å²) in [5, 5.41) is 0.713. The van der Waals surface area contributed by atoms with Crippen LogP contribution in [0.25, 0.3) is 11.0 Å². The van der Waals surface area contributed by atoms with Gasteiger partial charge in [-0.05, 0) is 58.9 Å². The van der Waals surface area contributed by atoms with E-state index < -0.39 is 51.8 Å². The van der Waals surface area contributed by atoms with Crippen molar-refractivity contribution >= 4 is 21.0 Å². The average molecular weight is 572 g/mol. The second-order valence-corrected chi connectivity index (χ2v) is 12.8. The monoisotopic (exact) mass is 571 g/mol. The zero-order valence-electron chi connectivity index (χ0n) is 23.2. The van der Waals surface area contributed by atoms with Crippen molar-refractivity contribution < 1.29 is 41.3 Å². The van der Waals surface area contributed by atoms with Crippen LogP contribution in [0.5, 0.6) is 0 Å². The van der Waals surface area contributed by atoms with Gasteiger partial charge in [-0.1, -0.05) is 35.9 Å². The number of hydrogen-bond donors (Lipinski definition) is 0. The van der Waals surface area contributed by atoms with Gasteiger partial charge in [0.2, 0.25) is 5.55 Å². The van der Waals surface area contributed by atoms with Gasteiger partial charge in [0, 0.05) is 12.5 Å². The summed E-state index contributed by atoms with van der Waals surface area (Å²) in [6.45, 7) is 9.27. The number of methoxy groups -OCH3 is 1. The van der Waals surface area contributed by atoms with Crippen LogP contribution < -0.4 is 5.55 Å². The molecule has 0 saturated carbocycles. The summed E-state index contributed by atoms with van der Waals surface area (Å²) in [6.07, 6.45) is -3.06. The highest BCUT2D eigenvalue weighted by Crippen LogP contribution is 2.52. The Morgan fingerprint density at radius 1 is 0.925 bits per heavy atom. The van der Waals surface area contributed by atoms with Crippen molar-refractivity contribution in [2.24, 2.45) is 4.40 Å². The maximum atomic E-state index is 13.6. The fraction of sp³-hybridized carbons (Fsp3) is 0.483. The van der Waals surface area contributed by atoms with Gasteiger partial charge in [-0.25, -0.2) is 0 Å². The zero-order chi connectivity index (χ0) is 28.5. The highest BCUT2D eigenvalue weighted by atomic mass is 32.2. The van der Waals surface area contributed by atoms with E-state index in [2.05, 4.69) is 4.40 Å². The molecule has 1 aromatic heterocycles. The fourth-order valence-corrected chi connectivity index (χ4v) is 6.63. The molecule has 0 spiro atoms. The lowest BCUT2D eigenvalue weighted by Crippen LogP contribution is -2.55. The van der Waals surface area contributed by atoms with Gasteiger partial charge in [0.1, 0.15) is 23.9 Å². The van der Waals surface area contributed by atoms with E-state index in [4.69, 9.17) is 32.8 Å². The first kappa shape index (κ1) is 27.5. The first-order valence-corrected chi connectivity index (χ1v) is 14.6. The number of rotatable bonds is 5. The Labute approximate surface area is 232 Å². The molecule has 0 unspecified atom stereocenters. The van der Waals surface area contributed by atoms with Crippen LogP contribution in [0.1, 0.15) is 38.8 Å². The highest BCUT2D eigenvalue weighted by molar-refractivity contribution is 7.90. The van der Waals surface area contributed by atoms with E-state index in [0.717, 1.165) is 5.56 Å². The molecule has 3 fully saturated rings. The summed E-state index contributed by atoms with van der Waals surface area (Å²) in [5.41, 5.74) is 0.112. The van der Waals surface area contributed by atoms with Crippen LogP contribution in [0, 0.1) is 6.92 Å². The number of ether oxygens (including phenoxy) is 6. The van der Waals surface area contributed by atoms with Crippen LogP contribution >= 0.6 is 0 Å². The Kier molecular flexibility index (Phi) is 6.50. The first-order valence-electron chi connectivity index (χ1n) is 13.1. The highest BCUT2D eigenvalue weighted by Gasteiger charge is 2.68. The molecule has 40 heavy (non-hydrogen) atoms. The third kappa shape index (κ3) is 4.59. The summed E-state index contributed by atoms with van der Waals surface area (Å²) < 4.78 is 74.9. The van der Waals surface area contributed by atoms with Crippen LogP contribution in [0.2, 0.25) is 0 Å². The van der Waals surface area contributed by atoms with E-state index >= 15 is 0 Å². The minimum Gasteiger partial charge on any atom is -0.437 e. The van der Waals surface area contributed by atoms with Gasteiger partial charge in [0.15, 0.2) is 23.5 Å². The molecule has 3 aliphatic heterocycles. The molecule has 0 aliphatic carbocycles. The van der Waals surface area contributed by atoms with E-state index in [1.54, 1.807) is 44.2 Å². The van der Waals surface area contributed by atoms with E-state index in [-0.39, 0.29) is 17.1 Å². The van der Waals surface area contributed by atoms with Crippen molar-refractivity contribution in [3.8, 4) is 0 Å². The molecule has 3 aliphatic rings. The maximum absolute atomic E-state index is 13.6. The Hall–Kier alpha value is -2.64. The maximum Gasteiger partial charge on any atom is 0.285 e. The first-order chi connectivity index (χ1) is 18.8. The molecule has 3 aromatic rings. The fourth-order valence-electron chi connectivity index (χ4n) is 5.69. The van der Waals surface area contributed by atoms with Gasteiger partial charge in [0.25, 0.3) is 10.0 Å². The van der Waals surface area contributed by atoms with Crippen LogP contribution in [0.3, 0.4) is 0 Å². The molecule has 5 atom stereocenters. The van der Waals surface area contributed by atoms with E-state index in [0.29, 0.717) is 16.5 Å². The Balaban J connectivity index is 1.61. The summed E-state index contributed by atoms with van der Waals surface area (Å²) in [5.74, 6) is -1.85. The minimum absolute atomic E-state index is 0.0341. The lowest BCUT2D eigenvalue weighted by Gasteiger charge is -2.39. The van der Waals surface area contributed by atoms with Gasteiger partial charge in [-0.3, -0.25) is 0 Å². The summed E-state index contributed by atoms with van der Waals surface area (Å²) in [4.78, 5) is 0.0341. The van der Waals surface area contributed by atoms with Crippen molar-refractivity contribution in [2.45, 2.75) is 81.3 Å². The molecule has 214 valence electrons. The van der Waals surface area contributed by atoms with Crippen molar-refractivity contribution in [1.82, 2.24) is 0 Å². The number of nitrogens with zero attached hydrogens (tertiary/aromatic N) is 1. The lowest BCUT2D eigenvalue weighted by molar-refractivity contribution is -0.255. The molecule has 11 heteroatoms. The number of fused-ring (bicyclic) bond motifs is 2. The third-order valence-electron chi connectivity index (χ3n) is 7.49. The van der Waals surface area contributed by atoms with Gasteiger partial charge in [-0.15, -0.1) is 4.40 Å². The largest absolute Gasteiger partial charge is 0.437 e. The Morgan fingerprint density at radius 2 is 1.65 bits per heavy atom. The number of sulfonamides is 1. The standard InChI is InChI=1S/C29H33NO9S/c1-17-11-13-19(14-12-17)40(31,32)30-25-20(15-18-9-7-8-10-21(18)35-25)29(33-6)23(22-16-34-27(2,3)37-22)36-26-24(29)38-28(4,5)39-26/h7-15,22-24,26H,16H2,1-6H3/b30-25+/t22-,23-,24+,26-,29-/m1/s1. The third-order valence-corrected chi connectivity index (χ3v) is 8.76. The Bertz CT molecular complexity index is 1610. The van der Waals surface area contributed by atoms with Crippen LogP contribution in [-0.4, -0.2) is 58.3 Å². The molecule has 10 nitrogen and oxygen atoms in total. The topological polar surface area (TPSA) is 115 Å². The zero-order valence-corrected chi connectivity index (χ0v) is 24.1. The molecular weight excluding hydrogens is 538 g/mol. The SMILES string of the molecule is CO[C@]1(c2cc3ccccc3o/c2=N/S(=O)(=O)c2ccc(C)cc2)[C@@H]([C@H]2COC(C)(C)O2)O[C@@H]2OC(C)(C)O[C@@H]21. The van der Waals surface area contributed by atoms with E-state index in [1.807, 2.05) is 32.9 Å². The smallest absolute Gasteiger partial charge is 0.285 e. The van der Waals surface area contributed by atoms with Crippen molar-refractivity contribution in [1.29, 1.82) is 0 Å². The Morgan fingerprint density at radius 3 is 2.33 bits per heavy atom. The lowest BCUT2D eigenvalue weighted by atomic mass is 9.82. The molecule has 6 rings (SSSR count). The average Bonchev–Trinajstić information content (AvgIpc) is 3.50. The van der Waals surface area contributed by atoms with Crippen molar-refractivity contribution in [3.05, 3.63) is 71.3 Å². The summed E-state index contributed by atoms with van der Waals surface area (Å²) in [7, 11) is -2.66. The number of benzene rings is 2. The van der Waals surface area contributed by atoms with Gasteiger partial charge in [-0.2, -0.15) is 8.42 Å². The molecular formula is C29H33NO9S. The molecule has 0 N–H and O–H groups in total. The molecule has 0 radical (unpaired) electrons. The van der Waals surface area contributed by atoms with Crippen LogP contribution in [0.15, 0.2) is 68.3 Å². The van der Waals surface area contributed by atoms with Gasteiger partial charge in [0.05, 0.1) is 17.1 Å². The van der Waals surface area contributed by atoms with E-state index in [9.17, 15) is 8.42 Å². The van der Waals surface area contributed by atoms with Crippen LogP contribution in [-0.2, 0) is 44.0 Å². The van der Waals surface area contributed by atoms with Crippen molar-refractivity contribution in [3.63, 3.8) is 0 Å². The number of hydrogen-bond acceptors (Lipinski definition) is 9.